The molecule has 6 nitrogen and oxygen atoms in total. The number of ether oxygens (including phenoxy) is 2. The summed E-state index contributed by atoms with van der Waals surface area (Å²) in [6.45, 7) is 7.72. The molecular weight excluding hydrogens is 612 g/mol. The van der Waals surface area contributed by atoms with Gasteiger partial charge in [-0.05, 0) is 81.1 Å². The molecule has 0 radical (unpaired) electrons. The fourth-order valence-corrected chi connectivity index (χ4v) is 5.39. The summed E-state index contributed by atoms with van der Waals surface area (Å²) in [4.78, 5) is 29.8. The Hall–Kier alpha value is -2.06. The number of benzene rings is 2. The van der Waals surface area contributed by atoms with E-state index in [0.717, 1.165) is 46.1 Å². The van der Waals surface area contributed by atoms with E-state index in [1.807, 2.05) is 46.2 Å². The third kappa shape index (κ3) is 9.01. The van der Waals surface area contributed by atoms with Gasteiger partial charge >= 0.3 is 0 Å². The third-order valence-electron chi connectivity index (χ3n) is 6.72. The van der Waals surface area contributed by atoms with Crippen LogP contribution in [0.3, 0.4) is 0 Å². The lowest BCUT2D eigenvalue weighted by Gasteiger charge is -2.35. The first-order valence-electron chi connectivity index (χ1n) is 13.9. The molecule has 2 amide bonds. The maximum Gasteiger partial charge on any atom is 0.254 e. The minimum atomic E-state index is -0.0320. The van der Waals surface area contributed by atoms with Crippen LogP contribution in [-0.2, 0) is 0 Å². The Morgan fingerprint density at radius 3 is 1.39 bits per heavy atom. The van der Waals surface area contributed by atoms with E-state index in [1.54, 1.807) is 0 Å². The largest absolute Gasteiger partial charge is 0.492 e. The lowest BCUT2D eigenvalue weighted by Crippen LogP contribution is -2.50. The molecule has 0 aromatic heterocycles. The Bertz CT molecular complexity index is 971. The van der Waals surface area contributed by atoms with E-state index in [4.69, 9.17) is 9.47 Å². The normalized spacial score (nSPS) is 13.5. The summed E-state index contributed by atoms with van der Waals surface area (Å²) in [5, 5.41) is 0. The van der Waals surface area contributed by atoms with E-state index in [9.17, 15) is 9.59 Å². The van der Waals surface area contributed by atoms with Gasteiger partial charge in [-0.25, -0.2) is 0 Å². The van der Waals surface area contributed by atoms with Crippen molar-refractivity contribution < 1.29 is 19.1 Å². The summed E-state index contributed by atoms with van der Waals surface area (Å²) in [7, 11) is 0. The van der Waals surface area contributed by atoms with Crippen molar-refractivity contribution >= 4 is 43.7 Å². The van der Waals surface area contributed by atoms with Crippen molar-refractivity contribution in [1.29, 1.82) is 0 Å². The van der Waals surface area contributed by atoms with Crippen LogP contribution in [0, 0.1) is 0 Å². The number of halogens is 2. The molecule has 0 N–H and O–H groups in total. The molecule has 2 aromatic carbocycles. The zero-order chi connectivity index (χ0) is 27.3. The summed E-state index contributed by atoms with van der Waals surface area (Å²) in [6.07, 6.45) is 9.20. The second-order valence-electron chi connectivity index (χ2n) is 9.69. The Morgan fingerprint density at radius 1 is 0.658 bits per heavy atom. The van der Waals surface area contributed by atoms with Crippen LogP contribution >= 0.6 is 31.9 Å². The minimum absolute atomic E-state index is 0.0320. The van der Waals surface area contributed by atoms with Gasteiger partial charge < -0.3 is 19.3 Å². The fraction of sp³-hybridized carbons (Fsp3) is 0.533. The van der Waals surface area contributed by atoms with Crippen LogP contribution in [0.5, 0.6) is 11.5 Å². The standard InChI is InChI=1S/C30H40Br2N2O4/c1-3-5-7-9-19-37-27-13-11-23(21-25(27)31)29(35)33-15-17-34(18-16-33)30(36)24-12-14-28(26(32)22-24)38-20-10-8-6-4-2/h11-14,21-22H,3-10,15-20H2,1-2H3. The van der Waals surface area contributed by atoms with Crippen molar-refractivity contribution in [2.24, 2.45) is 0 Å². The molecule has 1 saturated heterocycles. The SMILES string of the molecule is CCCCCCOc1ccc(C(=O)N2CCN(C(=O)c3ccc(OCCCCCC)c(Br)c3)CC2)cc1Br. The van der Waals surface area contributed by atoms with Gasteiger partial charge in [0.1, 0.15) is 11.5 Å². The van der Waals surface area contributed by atoms with Crippen LogP contribution in [0.25, 0.3) is 0 Å². The van der Waals surface area contributed by atoms with E-state index in [0.29, 0.717) is 50.5 Å². The predicted molar refractivity (Wildman–Crippen MR) is 159 cm³/mol. The van der Waals surface area contributed by atoms with E-state index in [-0.39, 0.29) is 11.8 Å². The van der Waals surface area contributed by atoms with Crippen molar-refractivity contribution in [1.82, 2.24) is 9.80 Å². The van der Waals surface area contributed by atoms with E-state index < -0.39 is 0 Å². The topological polar surface area (TPSA) is 59.1 Å². The van der Waals surface area contributed by atoms with Crippen LogP contribution < -0.4 is 9.47 Å². The fourth-order valence-electron chi connectivity index (χ4n) is 4.40. The van der Waals surface area contributed by atoms with Gasteiger partial charge in [0.25, 0.3) is 11.8 Å². The summed E-state index contributed by atoms with van der Waals surface area (Å²) in [5.74, 6) is 1.45. The van der Waals surface area contributed by atoms with Crippen molar-refractivity contribution in [3.05, 3.63) is 56.5 Å². The van der Waals surface area contributed by atoms with Crippen LogP contribution in [0.2, 0.25) is 0 Å². The number of hydrogen-bond acceptors (Lipinski definition) is 4. The zero-order valence-electron chi connectivity index (χ0n) is 22.6. The summed E-state index contributed by atoms with van der Waals surface area (Å²) >= 11 is 7.10. The Labute approximate surface area is 244 Å². The molecule has 1 fully saturated rings. The summed E-state index contributed by atoms with van der Waals surface area (Å²) < 4.78 is 13.3. The first kappa shape index (κ1) is 30.5. The highest BCUT2D eigenvalue weighted by Gasteiger charge is 2.26. The third-order valence-corrected chi connectivity index (χ3v) is 7.96. The number of nitrogens with zero attached hydrogens (tertiary/aromatic N) is 2. The molecule has 0 spiro atoms. The maximum atomic E-state index is 13.1. The van der Waals surface area contributed by atoms with Crippen LogP contribution in [0.1, 0.15) is 85.9 Å². The molecule has 208 valence electrons. The van der Waals surface area contributed by atoms with Gasteiger partial charge in [-0.3, -0.25) is 9.59 Å². The molecule has 38 heavy (non-hydrogen) atoms. The van der Waals surface area contributed by atoms with Gasteiger partial charge in [0.15, 0.2) is 0 Å². The first-order chi connectivity index (χ1) is 18.4. The molecule has 0 unspecified atom stereocenters. The second-order valence-corrected chi connectivity index (χ2v) is 11.4. The van der Waals surface area contributed by atoms with E-state index in [2.05, 4.69) is 45.7 Å². The zero-order valence-corrected chi connectivity index (χ0v) is 25.8. The van der Waals surface area contributed by atoms with Crippen LogP contribution in [0.15, 0.2) is 45.3 Å². The van der Waals surface area contributed by atoms with Gasteiger partial charge in [-0.1, -0.05) is 52.4 Å². The number of hydrogen-bond donors (Lipinski definition) is 0. The number of carbonyl (C=O) groups excluding carboxylic acids is 2. The molecule has 0 saturated carbocycles. The first-order valence-corrected chi connectivity index (χ1v) is 15.5. The van der Waals surface area contributed by atoms with Gasteiger partial charge in [0.05, 0.1) is 22.2 Å². The Morgan fingerprint density at radius 2 is 1.05 bits per heavy atom. The summed E-state index contributed by atoms with van der Waals surface area (Å²) in [6, 6.07) is 11.0. The highest BCUT2D eigenvalue weighted by molar-refractivity contribution is 9.10. The molecule has 8 heteroatoms. The number of unbranched alkanes of at least 4 members (excludes halogenated alkanes) is 6. The van der Waals surface area contributed by atoms with Gasteiger partial charge in [0, 0.05) is 37.3 Å². The average Bonchev–Trinajstić information content (AvgIpc) is 2.93. The molecule has 0 atom stereocenters. The monoisotopic (exact) mass is 650 g/mol. The highest BCUT2D eigenvalue weighted by atomic mass is 79.9. The Kier molecular flexibility index (Phi) is 12.9. The molecule has 1 aliphatic rings. The maximum absolute atomic E-state index is 13.1. The van der Waals surface area contributed by atoms with Crippen molar-refractivity contribution in [2.45, 2.75) is 65.2 Å². The minimum Gasteiger partial charge on any atom is -0.492 e. The number of rotatable bonds is 14. The van der Waals surface area contributed by atoms with Crippen molar-refractivity contribution in [3.63, 3.8) is 0 Å². The second kappa shape index (κ2) is 16.1. The Balaban J connectivity index is 1.48. The van der Waals surface area contributed by atoms with Gasteiger partial charge in [0.2, 0.25) is 0 Å². The smallest absolute Gasteiger partial charge is 0.254 e. The summed E-state index contributed by atoms with van der Waals surface area (Å²) in [5.41, 5.74) is 1.23. The van der Waals surface area contributed by atoms with E-state index in [1.165, 1.54) is 25.7 Å². The number of amides is 2. The lowest BCUT2D eigenvalue weighted by molar-refractivity contribution is 0.0535. The van der Waals surface area contributed by atoms with Crippen molar-refractivity contribution in [2.75, 3.05) is 39.4 Å². The van der Waals surface area contributed by atoms with Gasteiger partial charge in [-0.2, -0.15) is 0 Å². The molecule has 1 aliphatic heterocycles. The van der Waals surface area contributed by atoms with E-state index >= 15 is 0 Å². The number of piperazine rings is 1. The average molecular weight is 652 g/mol. The molecule has 0 bridgehead atoms. The predicted octanol–water partition coefficient (Wildman–Crippen LogP) is 7.73. The molecule has 3 rings (SSSR count). The van der Waals surface area contributed by atoms with Gasteiger partial charge in [-0.15, -0.1) is 0 Å². The highest BCUT2D eigenvalue weighted by Crippen LogP contribution is 2.28. The van der Waals surface area contributed by atoms with Crippen molar-refractivity contribution in [3.8, 4) is 11.5 Å². The lowest BCUT2D eigenvalue weighted by atomic mass is 10.1. The van der Waals surface area contributed by atoms with Crippen LogP contribution in [0.4, 0.5) is 0 Å². The molecule has 0 aliphatic carbocycles. The number of carbonyl (C=O) groups is 2. The molecule has 2 aromatic rings. The quantitative estimate of drug-likeness (QED) is 0.196. The van der Waals surface area contributed by atoms with Crippen LogP contribution in [-0.4, -0.2) is 61.0 Å². The molecule has 1 heterocycles. The molecular formula is C30H40Br2N2O4.